The first-order chi connectivity index (χ1) is 12.8. The first-order valence-corrected chi connectivity index (χ1v) is 9.59. The van der Waals surface area contributed by atoms with Crippen LogP contribution in [0.1, 0.15) is 32.2 Å². The predicted octanol–water partition coefficient (Wildman–Crippen LogP) is 1.44. The van der Waals surface area contributed by atoms with E-state index in [1.165, 1.54) is 4.57 Å². The maximum Gasteiger partial charge on any atom is 0.350 e. The predicted molar refractivity (Wildman–Crippen MR) is 105 cm³/mol. The van der Waals surface area contributed by atoms with E-state index >= 15 is 0 Å². The van der Waals surface area contributed by atoms with Crippen LogP contribution < -0.4 is 27.3 Å². The van der Waals surface area contributed by atoms with Crippen molar-refractivity contribution in [1.29, 1.82) is 0 Å². The number of hydrogen-bond donors (Lipinski definition) is 2. The van der Waals surface area contributed by atoms with Gasteiger partial charge in [-0.2, -0.15) is 4.68 Å². The molecule has 2 atom stereocenters. The van der Waals surface area contributed by atoms with E-state index in [9.17, 15) is 14.0 Å². The summed E-state index contributed by atoms with van der Waals surface area (Å²) in [5.41, 5.74) is -0.796. The number of nitrogen functional groups attached to an aromatic ring is 1. The van der Waals surface area contributed by atoms with Crippen molar-refractivity contribution in [2.45, 2.75) is 38.3 Å². The summed E-state index contributed by atoms with van der Waals surface area (Å²) in [4.78, 5) is 26.9. The molecule has 3 N–H and O–H groups in total. The lowest BCUT2D eigenvalue weighted by molar-refractivity contribution is 0.428. The summed E-state index contributed by atoms with van der Waals surface area (Å²) in [6.45, 7) is 3.42. The Kier molecular flexibility index (Phi) is 4.43. The Morgan fingerprint density at radius 1 is 1.33 bits per heavy atom. The van der Waals surface area contributed by atoms with E-state index in [0.717, 1.165) is 25.3 Å². The second-order valence-corrected chi connectivity index (χ2v) is 7.93. The zero-order valence-electron chi connectivity index (χ0n) is 15.3. The molecule has 1 saturated heterocycles. The highest BCUT2D eigenvalue weighted by Crippen LogP contribution is 2.41. The molecule has 4 rings (SSSR count). The molecule has 27 heavy (non-hydrogen) atoms. The van der Waals surface area contributed by atoms with Gasteiger partial charge in [0.15, 0.2) is 0 Å². The second kappa shape index (κ2) is 6.53. The summed E-state index contributed by atoms with van der Waals surface area (Å²) in [6.07, 6.45) is 2.53. The normalized spacial score (nSPS) is 21.2. The molecule has 1 aliphatic heterocycles. The van der Waals surface area contributed by atoms with Gasteiger partial charge in [0.25, 0.3) is 5.56 Å². The fourth-order valence-electron chi connectivity index (χ4n) is 4.02. The SMILES string of the molecule is CNC(C)C1CCN(c2c(F)cc3c(=O)n(N)c(=O)n(C4CC4)c3c2Cl)C1. The number of aromatic nitrogens is 2. The highest BCUT2D eigenvalue weighted by molar-refractivity contribution is 6.38. The van der Waals surface area contributed by atoms with Gasteiger partial charge < -0.3 is 16.1 Å². The highest BCUT2D eigenvalue weighted by atomic mass is 35.5. The Bertz CT molecular complexity index is 1030. The molecule has 2 unspecified atom stereocenters. The van der Waals surface area contributed by atoms with Crippen LogP contribution in [0.5, 0.6) is 0 Å². The monoisotopic (exact) mass is 395 g/mol. The number of nitrogens with zero attached hydrogens (tertiary/aromatic N) is 3. The number of hydrogen-bond acceptors (Lipinski definition) is 5. The fourth-order valence-corrected chi connectivity index (χ4v) is 4.42. The Morgan fingerprint density at radius 3 is 2.67 bits per heavy atom. The van der Waals surface area contributed by atoms with Gasteiger partial charge in [0.1, 0.15) is 5.82 Å². The maximum atomic E-state index is 15.0. The van der Waals surface area contributed by atoms with Crippen LogP contribution in [0.4, 0.5) is 10.1 Å². The van der Waals surface area contributed by atoms with Gasteiger partial charge in [0, 0.05) is 25.2 Å². The zero-order chi connectivity index (χ0) is 19.5. The zero-order valence-corrected chi connectivity index (χ0v) is 16.1. The number of nitrogens with two attached hydrogens (primary N) is 1. The summed E-state index contributed by atoms with van der Waals surface area (Å²) in [5, 5.41) is 3.39. The Hall–Kier alpha value is -2.06. The van der Waals surface area contributed by atoms with E-state index in [4.69, 9.17) is 17.4 Å². The first kappa shape index (κ1) is 18.3. The summed E-state index contributed by atoms with van der Waals surface area (Å²) in [5.74, 6) is 5.43. The van der Waals surface area contributed by atoms with Crippen LogP contribution in [-0.2, 0) is 0 Å². The molecule has 1 aromatic carbocycles. The van der Waals surface area contributed by atoms with Crippen LogP contribution >= 0.6 is 11.6 Å². The molecule has 0 bridgehead atoms. The van der Waals surface area contributed by atoms with Crippen molar-refractivity contribution in [1.82, 2.24) is 14.6 Å². The lowest BCUT2D eigenvalue weighted by Crippen LogP contribution is -2.44. The molecule has 7 nitrogen and oxygen atoms in total. The van der Waals surface area contributed by atoms with Crippen molar-refractivity contribution >= 4 is 28.2 Å². The average molecular weight is 396 g/mol. The van der Waals surface area contributed by atoms with Crippen molar-refractivity contribution in [2.24, 2.45) is 5.92 Å². The molecule has 0 radical (unpaired) electrons. The highest BCUT2D eigenvalue weighted by Gasteiger charge is 2.33. The summed E-state index contributed by atoms with van der Waals surface area (Å²) in [6, 6.07) is 1.41. The first-order valence-electron chi connectivity index (χ1n) is 9.21. The van der Waals surface area contributed by atoms with Crippen molar-refractivity contribution in [3.8, 4) is 0 Å². The Labute approximate surface area is 160 Å². The van der Waals surface area contributed by atoms with E-state index in [-0.39, 0.29) is 27.7 Å². The van der Waals surface area contributed by atoms with E-state index in [0.29, 0.717) is 29.7 Å². The molecular formula is C18H23ClFN5O2. The molecule has 2 heterocycles. The molecule has 9 heteroatoms. The minimum Gasteiger partial charge on any atom is -0.368 e. The van der Waals surface area contributed by atoms with Gasteiger partial charge in [-0.05, 0) is 45.2 Å². The topological polar surface area (TPSA) is 85.3 Å². The number of rotatable bonds is 4. The van der Waals surface area contributed by atoms with Crippen molar-refractivity contribution < 1.29 is 4.39 Å². The fraction of sp³-hybridized carbons (Fsp3) is 0.556. The van der Waals surface area contributed by atoms with Gasteiger partial charge in [0.2, 0.25) is 0 Å². The summed E-state index contributed by atoms with van der Waals surface area (Å²) < 4.78 is 17.0. The number of halogens is 2. The van der Waals surface area contributed by atoms with E-state index < -0.39 is 17.1 Å². The molecule has 2 aliphatic rings. The Balaban J connectivity index is 1.91. The van der Waals surface area contributed by atoms with Crippen LogP contribution in [0.15, 0.2) is 15.7 Å². The summed E-state index contributed by atoms with van der Waals surface area (Å²) in [7, 11) is 1.91. The second-order valence-electron chi connectivity index (χ2n) is 7.55. The maximum absolute atomic E-state index is 15.0. The third-order valence-corrected chi connectivity index (χ3v) is 6.24. The number of anilines is 1. The molecule has 146 valence electrons. The van der Waals surface area contributed by atoms with Crippen molar-refractivity contribution in [3.05, 3.63) is 37.7 Å². The molecule has 1 aliphatic carbocycles. The molecule has 2 fully saturated rings. The van der Waals surface area contributed by atoms with Gasteiger partial charge in [-0.3, -0.25) is 9.36 Å². The minimum absolute atomic E-state index is 0.0367. The smallest absolute Gasteiger partial charge is 0.350 e. The molecule has 0 amide bonds. The third-order valence-electron chi connectivity index (χ3n) is 5.89. The van der Waals surface area contributed by atoms with Crippen LogP contribution in [0, 0.1) is 11.7 Å². The van der Waals surface area contributed by atoms with E-state index in [1.807, 2.05) is 11.9 Å². The lowest BCUT2D eigenvalue weighted by Gasteiger charge is -2.24. The molecule has 1 saturated carbocycles. The molecule has 2 aromatic rings. The molecular weight excluding hydrogens is 373 g/mol. The van der Waals surface area contributed by atoms with Gasteiger partial charge >= 0.3 is 5.69 Å². The van der Waals surface area contributed by atoms with Crippen molar-refractivity contribution in [3.63, 3.8) is 0 Å². The van der Waals surface area contributed by atoms with E-state index in [2.05, 4.69) is 12.2 Å². The number of benzene rings is 1. The van der Waals surface area contributed by atoms with E-state index in [1.54, 1.807) is 0 Å². The average Bonchev–Trinajstić information content (AvgIpc) is 3.37. The number of fused-ring (bicyclic) bond motifs is 1. The van der Waals surface area contributed by atoms with Gasteiger partial charge in [0.05, 0.1) is 21.6 Å². The van der Waals surface area contributed by atoms with Gasteiger partial charge in [-0.15, -0.1) is 0 Å². The lowest BCUT2D eigenvalue weighted by atomic mass is 10.0. The largest absolute Gasteiger partial charge is 0.368 e. The quantitative estimate of drug-likeness (QED) is 0.765. The van der Waals surface area contributed by atoms with Crippen LogP contribution in [-0.4, -0.2) is 35.4 Å². The van der Waals surface area contributed by atoms with Crippen molar-refractivity contribution in [2.75, 3.05) is 30.9 Å². The van der Waals surface area contributed by atoms with Crippen LogP contribution in [0.2, 0.25) is 5.02 Å². The van der Waals surface area contributed by atoms with Gasteiger partial charge in [-0.1, -0.05) is 11.6 Å². The van der Waals surface area contributed by atoms with Crippen LogP contribution in [0.25, 0.3) is 10.9 Å². The molecule has 0 spiro atoms. The Morgan fingerprint density at radius 2 is 2.04 bits per heavy atom. The third kappa shape index (κ3) is 2.82. The standard InChI is InChI=1S/C18H23ClFN5O2/c1-9(22-2)10-5-6-23(8-10)16-13(20)7-12-15(14(16)19)24(11-3-4-11)18(27)25(21)17(12)26/h7,9-11,22H,3-6,8,21H2,1-2H3. The van der Waals surface area contributed by atoms with Gasteiger partial charge in [-0.25, -0.2) is 9.18 Å². The summed E-state index contributed by atoms with van der Waals surface area (Å²) >= 11 is 6.62. The number of nitrogens with one attached hydrogen (secondary N) is 1. The van der Waals surface area contributed by atoms with Crippen LogP contribution in [0.3, 0.4) is 0 Å². The minimum atomic E-state index is -0.734. The molecule has 1 aromatic heterocycles.